The molecule has 1 N–H and O–H groups in total. The van der Waals surface area contributed by atoms with Gasteiger partial charge >= 0.3 is 0 Å². The number of hydrogen-bond acceptors (Lipinski definition) is 3. The number of amides is 1. The van der Waals surface area contributed by atoms with Gasteiger partial charge in [-0.05, 0) is 79.3 Å². The van der Waals surface area contributed by atoms with Gasteiger partial charge in [-0.3, -0.25) is 4.79 Å². The molecule has 2 aromatic rings. The second-order valence-electron chi connectivity index (χ2n) is 6.20. The molecule has 3 rings (SSSR count). The van der Waals surface area contributed by atoms with Crippen molar-refractivity contribution in [2.45, 2.75) is 25.7 Å². The number of nitriles is 1. The molecule has 1 aliphatic rings. The number of rotatable bonds is 4. The largest absolute Gasteiger partial charge is 0.496 e. The zero-order valence-electron chi connectivity index (χ0n) is 14.5. The van der Waals surface area contributed by atoms with Gasteiger partial charge in [-0.15, -0.1) is 0 Å². The molecule has 2 aromatic carbocycles. The van der Waals surface area contributed by atoms with Crippen LogP contribution < -0.4 is 10.1 Å². The number of fused-ring (bicyclic) bond motifs is 1. The second kappa shape index (κ2) is 7.83. The van der Waals surface area contributed by atoms with Crippen molar-refractivity contribution in [2.24, 2.45) is 0 Å². The van der Waals surface area contributed by atoms with Crippen molar-refractivity contribution < 1.29 is 13.9 Å². The third-order valence-corrected chi connectivity index (χ3v) is 4.46. The summed E-state index contributed by atoms with van der Waals surface area (Å²) >= 11 is 0. The van der Waals surface area contributed by atoms with Crippen molar-refractivity contribution in [1.29, 1.82) is 5.26 Å². The van der Waals surface area contributed by atoms with E-state index in [9.17, 15) is 14.4 Å². The standard InChI is InChI=1S/C21H19FN2O2/c1-26-20-12-15-5-3-2-4-14(15)10-16(20)11-17(13-23)21(25)24-19-8-6-18(22)7-9-19/h6-12H,2-5H2,1H3,(H,24,25). The lowest BCUT2D eigenvalue weighted by atomic mass is 9.89. The van der Waals surface area contributed by atoms with E-state index in [1.54, 1.807) is 7.11 Å². The number of nitrogens with zero attached hydrogens (tertiary/aromatic N) is 1. The van der Waals surface area contributed by atoms with E-state index in [1.165, 1.54) is 41.5 Å². The van der Waals surface area contributed by atoms with Gasteiger partial charge in [0.25, 0.3) is 5.91 Å². The first-order chi connectivity index (χ1) is 12.6. The molecule has 0 unspecified atom stereocenters. The predicted octanol–water partition coefficient (Wildman–Crippen LogP) is 4.26. The van der Waals surface area contributed by atoms with Crippen molar-refractivity contribution in [1.82, 2.24) is 0 Å². The number of nitrogens with one attached hydrogen (secondary N) is 1. The van der Waals surface area contributed by atoms with E-state index in [0.29, 0.717) is 17.0 Å². The number of methoxy groups -OCH3 is 1. The predicted molar refractivity (Wildman–Crippen MR) is 98.3 cm³/mol. The molecule has 1 aliphatic carbocycles. The number of carbonyl (C=O) groups is 1. The minimum Gasteiger partial charge on any atom is -0.496 e. The third kappa shape index (κ3) is 3.92. The molecule has 0 heterocycles. The van der Waals surface area contributed by atoms with Gasteiger partial charge < -0.3 is 10.1 Å². The highest BCUT2D eigenvalue weighted by Crippen LogP contribution is 2.30. The first kappa shape index (κ1) is 17.7. The number of anilines is 1. The Bertz CT molecular complexity index is 895. The summed E-state index contributed by atoms with van der Waals surface area (Å²) < 4.78 is 18.4. The van der Waals surface area contributed by atoms with Gasteiger partial charge in [-0.2, -0.15) is 5.26 Å². The number of hydrogen-bond donors (Lipinski definition) is 1. The monoisotopic (exact) mass is 350 g/mol. The first-order valence-corrected chi connectivity index (χ1v) is 8.49. The molecule has 0 aromatic heterocycles. The number of carbonyl (C=O) groups excluding carboxylic acids is 1. The number of aryl methyl sites for hydroxylation is 2. The fourth-order valence-electron chi connectivity index (χ4n) is 3.11. The Hall–Kier alpha value is -3.13. The summed E-state index contributed by atoms with van der Waals surface area (Å²) in [4.78, 5) is 12.4. The van der Waals surface area contributed by atoms with Gasteiger partial charge in [0, 0.05) is 11.3 Å². The lowest BCUT2D eigenvalue weighted by molar-refractivity contribution is -0.112. The van der Waals surface area contributed by atoms with Gasteiger partial charge in [-0.1, -0.05) is 0 Å². The molecule has 132 valence electrons. The summed E-state index contributed by atoms with van der Waals surface area (Å²) in [7, 11) is 1.58. The lowest BCUT2D eigenvalue weighted by Crippen LogP contribution is -2.13. The van der Waals surface area contributed by atoms with Crippen LogP contribution in [0.5, 0.6) is 5.75 Å². The maximum atomic E-state index is 13.0. The van der Waals surface area contributed by atoms with E-state index in [2.05, 4.69) is 5.32 Å². The molecular formula is C21H19FN2O2. The number of halogens is 1. The van der Waals surface area contributed by atoms with Gasteiger partial charge in [0.2, 0.25) is 0 Å². The molecule has 4 nitrogen and oxygen atoms in total. The van der Waals surface area contributed by atoms with E-state index >= 15 is 0 Å². The van der Waals surface area contributed by atoms with Gasteiger partial charge in [0.1, 0.15) is 23.2 Å². The topological polar surface area (TPSA) is 62.1 Å². The number of ether oxygens (including phenoxy) is 1. The molecule has 26 heavy (non-hydrogen) atoms. The highest BCUT2D eigenvalue weighted by molar-refractivity contribution is 6.09. The van der Waals surface area contributed by atoms with Crippen molar-refractivity contribution >= 4 is 17.7 Å². The minimum atomic E-state index is -0.543. The van der Waals surface area contributed by atoms with Crippen molar-refractivity contribution in [3.63, 3.8) is 0 Å². The van der Waals surface area contributed by atoms with Crippen LogP contribution in [0, 0.1) is 17.1 Å². The molecule has 1 amide bonds. The van der Waals surface area contributed by atoms with Crippen LogP contribution in [0.1, 0.15) is 29.5 Å². The zero-order valence-corrected chi connectivity index (χ0v) is 14.5. The summed E-state index contributed by atoms with van der Waals surface area (Å²) in [6.45, 7) is 0. The molecule has 0 fully saturated rings. The van der Waals surface area contributed by atoms with Crippen molar-refractivity contribution in [3.05, 3.63) is 64.5 Å². The Labute approximate surface area is 151 Å². The van der Waals surface area contributed by atoms with Crippen molar-refractivity contribution in [3.8, 4) is 11.8 Å². The van der Waals surface area contributed by atoms with Crippen LogP contribution >= 0.6 is 0 Å². The Morgan fingerprint density at radius 2 is 1.85 bits per heavy atom. The Balaban J connectivity index is 1.89. The van der Waals surface area contributed by atoms with Crippen LogP contribution in [0.4, 0.5) is 10.1 Å². The molecular weight excluding hydrogens is 331 g/mol. The van der Waals surface area contributed by atoms with Gasteiger partial charge in [-0.25, -0.2) is 4.39 Å². The third-order valence-electron chi connectivity index (χ3n) is 4.46. The van der Waals surface area contributed by atoms with E-state index in [4.69, 9.17) is 4.74 Å². The minimum absolute atomic E-state index is 0.0385. The summed E-state index contributed by atoms with van der Waals surface area (Å²) in [6.07, 6.45) is 5.84. The molecule has 0 spiro atoms. The van der Waals surface area contributed by atoms with Gasteiger partial charge in [0.05, 0.1) is 7.11 Å². The van der Waals surface area contributed by atoms with E-state index < -0.39 is 11.7 Å². The van der Waals surface area contributed by atoms with Crippen LogP contribution in [-0.4, -0.2) is 13.0 Å². The Morgan fingerprint density at radius 1 is 1.19 bits per heavy atom. The maximum absolute atomic E-state index is 13.0. The molecule has 5 heteroatoms. The zero-order chi connectivity index (χ0) is 18.5. The summed E-state index contributed by atoms with van der Waals surface area (Å²) in [5.74, 6) is -0.287. The highest BCUT2D eigenvalue weighted by Gasteiger charge is 2.15. The smallest absolute Gasteiger partial charge is 0.266 e. The molecule has 0 aliphatic heterocycles. The van der Waals surface area contributed by atoms with E-state index in [1.807, 2.05) is 18.2 Å². The fourth-order valence-corrected chi connectivity index (χ4v) is 3.11. The summed E-state index contributed by atoms with van der Waals surface area (Å²) in [5, 5.41) is 12.0. The molecule has 0 bridgehead atoms. The first-order valence-electron chi connectivity index (χ1n) is 8.49. The van der Waals surface area contributed by atoms with Crippen LogP contribution in [0.2, 0.25) is 0 Å². The molecule has 0 saturated heterocycles. The Morgan fingerprint density at radius 3 is 2.46 bits per heavy atom. The molecule has 0 saturated carbocycles. The normalized spacial score (nSPS) is 13.5. The van der Waals surface area contributed by atoms with Crippen LogP contribution in [0.3, 0.4) is 0 Å². The molecule has 0 atom stereocenters. The average Bonchev–Trinajstić information content (AvgIpc) is 2.67. The van der Waals surface area contributed by atoms with Gasteiger partial charge in [0.15, 0.2) is 0 Å². The lowest BCUT2D eigenvalue weighted by Gasteiger charge is -2.18. The number of benzene rings is 2. The fraction of sp³-hybridized carbons (Fsp3) is 0.238. The van der Waals surface area contributed by atoms with Crippen LogP contribution in [0.15, 0.2) is 42.0 Å². The van der Waals surface area contributed by atoms with E-state index in [0.717, 1.165) is 25.7 Å². The quantitative estimate of drug-likeness (QED) is 0.662. The SMILES string of the molecule is COc1cc2c(cc1C=C(C#N)C(=O)Nc1ccc(F)cc1)CCCC2. The molecule has 0 radical (unpaired) electrons. The average molecular weight is 350 g/mol. The van der Waals surface area contributed by atoms with Crippen LogP contribution in [-0.2, 0) is 17.6 Å². The van der Waals surface area contributed by atoms with Crippen molar-refractivity contribution in [2.75, 3.05) is 12.4 Å². The maximum Gasteiger partial charge on any atom is 0.266 e. The second-order valence-corrected chi connectivity index (χ2v) is 6.20. The Kier molecular flexibility index (Phi) is 5.33. The summed E-state index contributed by atoms with van der Waals surface area (Å²) in [5.41, 5.74) is 3.59. The van der Waals surface area contributed by atoms with Crippen LogP contribution in [0.25, 0.3) is 6.08 Å². The summed E-state index contributed by atoms with van der Waals surface area (Å²) in [6, 6.07) is 11.3. The highest BCUT2D eigenvalue weighted by atomic mass is 19.1. The van der Waals surface area contributed by atoms with E-state index in [-0.39, 0.29) is 5.57 Å².